The van der Waals surface area contributed by atoms with Crippen molar-refractivity contribution < 1.29 is 14.7 Å². The van der Waals surface area contributed by atoms with Gasteiger partial charge in [-0.25, -0.2) is 4.79 Å². The minimum Gasteiger partial charge on any atom is -0.481 e. The molecule has 1 atom stereocenters. The predicted octanol–water partition coefficient (Wildman–Crippen LogP) is 3.09. The number of nitrogens with one attached hydrogen (secondary N) is 2. The number of anilines is 1. The van der Waals surface area contributed by atoms with E-state index in [1.165, 1.54) is 0 Å². The van der Waals surface area contributed by atoms with E-state index in [0.29, 0.717) is 28.6 Å². The monoisotopic (exact) mass is 353 g/mol. The molecular weight excluding hydrogens is 338 g/mol. The zero-order chi connectivity index (χ0) is 15.8. The molecule has 2 amide bonds. The van der Waals surface area contributed by atoms with Crippen LogP contribution in [-0.4, -0.2) is 23.1 Å². The molecule has 21 heavy (non-hydrogen) atoms. The number of nitrogens with zero attached hydrogens (tertiary/aromatic N) is 1. The maximum atomic E-state index is 11.8. The molecule has 0 saturated carbocycles. The minimum absolute atomic E-state index is 0.0921. The minimum atomic E-state index is -0.840. The molecule has 1 rings (SSSR count). The van der Waals surface area contributed by atoms with Crippen LogP contribution in [0.3, 0.4) is 0 Å². The average molecular weight is 354 g/mol. The first kappa shape index (κ1) is 17.0. The van der Waals surface area contributed by atoms with Crippen LogP contribution in [0, 0.1) is 11.3 Å². The van der Waals surface area contributed by atoms with Crippen LogP contribution in [0.15, 0.2) is 22.7 Å². The molecule has 0 fully saturated rings. The number of benzene rings is 1. The van der Waals surface area contributed by atoms with Crippen LogP contribution >= 0.6 is 15.9 Å². The Morgan fingerprint density at radius 1 is 1.48 bits per heavy atom. The van der Waals surface area contributed by atoms with Crippen molar-refractivity contribution in [3.8, 4) is 6.07 Å². The molecule has 0 heterocycles. The lowest BCUT2D eigenvalue weighted by atomic mass is 10.1. The Bertz CT molecular complexity index is 569. The molecule has 112 valence electrons. The lowest BCUT2D eigenvalue weighted by Crippen LogP contribution is -2.36. The van der Waals surface area contributed by atoms with Gasteiger partial charge in [0.25, 0.3) is 0 Å². The highest BCUT2D eigenvalue weighted by molar-refractivity contribution is 9.10. The second-order valence-corrected chi connectivity index (χ2v) is 5.45. The number of hydrogen-bond acceptors (Lipinski definition) is 3. The predicted molar refractivity (Wildman–Crippen MR) is 82.0 cm³/mol. The molecule has 0 radical (unpaired) electrons. The van der Waals surface area contributed by atoms with Gasteiger partial charge in [0, 0.05) is 16.9 Å². The molecule has 0 aliphatic carbocycles. The van der Waals surface area contributed by atoms with Crippen molar-refractivity contribution in [2.24, 2.45) is 0 Å². The molecule has 0 spiro atoms. The zero-order valence-corrected chi connectivity index (χ0v) is 13.1. The van der Waals surface area contributed by atoms with Crippen molar-refractivity contribution in [2.45, 2.75) is 32.2 Å². The van der Waals surface area contributed by atoms with Gasteiger partial charge in [0.2, 0.25) is 0 Å². The summed E-state index contributed by atoms with van der Waals surface area (Å²) < 4.78 is 0.621. The number of halogens is 1. The number of rotatable bonds is 6. The molecule has 1 unspecified atom stereocenters. The number of amides is 2. The van der Waals surface area contributed by atoms with E-state index in [0.717, 1.165) is 0 Å². The fourth-order valence-electron chi connectivity index (χ4n) is 1.70. The second kappa shape index (κ2) is 8.27. The number of nitriles is 1. The topological polar surface area (TPSA) is 102 Å². The van der Waals surface area contributed by atoms with Crippen LogP contribution in [0.25, 0.3) is 0 Å². The van der Waals surface area contributed by atoms with Gasteiger partial charge in [0.05, 0.1) is 17.3 Å². The summed E-state index contributed by atoms with van der Waals surface area (Å²) in [6.07, 6.45) is 1.19. The molecule has 0 bridgehead atoms. The van der Waals surface area contributed by atoms with E-state index in [4.69, 9.17) is 10.4 Å². The SMILES string of the molecule is CC(CCCC(=O)O)NC(=O)Nc1ccc(C#N)cc1Br. The van der Waals surface area contributed by atoms with Crippen molar-refractivity contribution in [3.05, 3.63) is 28.2 Å². The second-order valence-electron chi connectivity index (χ2n) is 4.59. The van der Waals surface area contributed by atoms with Crippen molar-refractivity contribution >= 4 is 33.6 Å². The fraction of sp³-hybridized carbons (Fsp3) is 0.357. The van der Waals surface area contributed by atoms with Gasteiger partial charge in [0.1, 0.15) is 0 Å². The summed E-state index contributed by atoms with van der Waals surface area (Å²) in [4.78, 5) is 22.2. The van der Waals surface area contributed by atoms with Crippen molar-refractivity contribution in [1.29, 1.82) is 5.26 Å². The molecule has 0 aliphatic rings. The Morgan fingerprint density at radius 3 is 2.76 bits per heavy atom. The molecule has 0 aliphatic heterocycles. The van der Waals surface area contributed by atoms with Gasteiger partial charge in [-0.3, -0.25) is 4.79 Å². The first-order chi connectivity index (χ1) is 9.92. The summed E-state index contributed by atoms with van der Waals surface area (Å²) in [6, 6.07) is 6.37. The Hall–Kier alpha value is -2.07. The quantitative estimate of drug-likeness (QED) is 0.730. The van der Waals surface area contributed by atoms with Gasteiger partial charge >= 0.3 is 12.0 Å². The fourth-order valence-corrected chi connectivity index (χ4v) is 2.18. The van der Waals surface area contributed by atoms with Crippen LogP contribution in [-0.2, 0) is 4.79 Å². The Kier molecular flexibility index (Phi) is 6.69. The molecule has 1 aromatic rings. The number of carboxylic acid groups (broad SMARTS) is 1. The summed E-state index contributed by atoms with van der Waals surface area (Å²) >= 11 is 3.28. The smallest absolute Gasteiger partial charge is 0.319 e. The number of carbonyl (C=O) groups excluding carboxylic acids is 1. The van der Waals surface area contributed by atoms with Crippen LogP contribution in [0.1, 0.15) is 31.7 Å². The van der Waals surface area contributed by atoms with Gasteiger partial charge in [0.15, 0.2) is 0 Å². The van der Waals surface area contributed by atoms with Gasteiger partial charge in [-0.15, -0.1) is 0 Å². The highest BCUT2D eigenvalue weighted by atomic mass is 79.9. The first-order valence-corrected chi connectivity index (χ1v) is 7.20. The van der Waals surface area contributed by atoms with Crippen LogP contribution < -0.4 is 10.6 Å². The van der Waals surface area contributed by atoms with E-state index in [-0.39, 0.29) is 18.5 Å². The molecule has 7 heteroatoms. The first-order valence-electron chi connectivity index (χ1n) is 6.41. The van der Waals surface area contributed by atoms with Gasteiger partial charge in [-0.2, -0.15) is 5.26 Å². The van der Waals surface area contributed by atoms with Crippen molar-refractivity contribution in [2.75, 3.05) is 5.32 Å². The lowest BCUT2D eigenvalue weighted by molar-refractivity contribution is -0.137. The van der Waals surface area contributed by atoms with Crippen molar-refractivity contribution in [1.82, 2.24) is 5.32 Å². The maximum Gasteiger partial charge on any atom is 0.319 e. The van der Waals surface area contributed by atoms with E-state index < -0.39 is 5.97 Å². The highest BCUT2D eigenvalue weighted by Crippen LogP contribution is 2.23. The average Bonchev–Trinajstić information content (AvgIpc) is 2.40. The number of carboxylic acids is 1. The summed E-state index contributed by atoms with van der Waals surface area (Å²) in [5.74, 6) is -0.840. The molecular formula is C14H16BrN3O3. The third kappa shape index (κ3) is 6.27. The number of urea groups is 1. The van der Waals surface area contributed by atoms with E-state index in [2.05, 4.69) is 26.6 Å². The Balaban J connectivity index is 2.46. The molecule has 0 saturated heterocycles. The Morgan fingerprint density at radius 2 is 2.19 bits per heavy atom. The third-order valence-corrected chi connectivity index (χ3v) is 3.41. The summed E-state index contributed by atoms with van der Waals surface area (Å²) in [5.41, 5.74) is 1.05. The summed E-state index contributed by atoms with van der Waals surface area (Å²) in [6.45, 7) is 1.81. The summed E-state index contributed by atoms with van der Waals surface area (Å²) in [5, 5.41) is 22.7. The maximum absolute atomic E-state index is 11.8. The van der Waals surface area contributed by atoms with Crippen LogP contribution in [0.2, 0.25) is 0 Å². The highest BCUT2D eigenvalue weighted by Gasteiger charge is 2.10. The standard InChI is InChI=1S/C14H16BrN3O3/c1-9(3-2-4-13(19)20)17-14(21)18-12-6-5-10(8-16)7-11(12)15/h5-7,9H,2-4H2,1H3,(H,19,20)(H2,17,18,21). The molecule has 0 aromatic heterocycles. The van der Waals surface area contributed by atoms with E-state index in [1.54, 1.807) is 18.2 Å². The zero-order valence-electron chi connectivity index (χ0n) is 11.5. The van der Waals surface area contributed by atoms with Crippen LogP contribution in [0.5, 0.6) is 0 Å². The number of aliphatic carboxylic acids is 1. The molecule has 6 nitrogen and oxygen atoms in total. The summed E-state index contributed by atoms with van der Waals surface area (Å²) in [7, 11) is 0. The van der Waals surface area contributed by atoms with Gasteiger partial charge in [-0.05, 0) is 53.9 Å². The molecule has 1 aromatic carbocycles. The largest absolute Gasteiger partial charge is 0.481 e. The van der Waals surface area contributed by atoms with E-state index in [1.807, 2.05) is 13.0 Å². The van der Waals surface area contributed by atoms with E-state index in [9.17, 15) is 9.59 Å². The number of hydrogen-bond donors (Lipinski definition) is 3. The third-order valence-electron chi connectivity index (χ3n) is 2.75. The van der Waals surface area contributed by atoms with Gasteiger partial charge < -0.3 is 15.7 Å². The van der Waals surface area contributed by atoms with Gasteiger partial charge in [-0.1, -0.05) is 0 Å². The normalized spacial score (nSPS) is 11.3. The van der Waals surface area contributed by atoms with Crippen LogP contribution in [0.4, 0.5) is 10.5 Å². The van der Waals surface area contributed by atoms with Crippen molar-refractivity contribution in [3.63, 3.8) is 0 Å². The lowest BCUT2D eigenvalue weighted by Gasteiger charge is -2.14. The van der Waals surface area contributed by atoms with E-state index >= 15 is 0 Å². The Labute approximate surface area is 131 Å². The number of carbonyl (C=O) groups is 2. The molecule has 3 N–H and O–H groups in total.